The zero-order valence-corrected chi connectivity index (χ0v) is 10.7. The molecule has 0 aliphatic rings. The average Bonchev–Trinajstić information content (AvgIpc) is 2.26. The smallest absolute Gasteiger partial charge is 0.130 e. The molecule has 0 fully saturated rings. The van der Waals surface area contributed by atoms with Crippen LogP contribution >= 0.6 is 23.2 Å². The highest BCUT2D eigenvalue weighted by molar-refractivity contribution is 6.34. The van der Waals surface area contributed by atoms with Crippen molar-refractivity contribution in [2.75, 3.05) is 19.8 Å². The third kappa shape index (κ3) is 5.12. The van der Waals surface area contributed by atoms with Gasteiger partial charge in [-0.1, -0.05) is 30.1 Å². The largest absolute Gasteiger partial charge is 0.379 e. The summed E-state index contributed by atoms with van der Waals surface area (Å²) in [5, 5.41) is 0.967. The molecule has 0 saturated carbocycles. The van der Waals surface area contributed by atoms with Gasteiger partial charge in [0.15, 0.2) is 0 Å². The van der Waals surface area contributed by atoms with Crippen molar-refractivity contribution in [3.8, 4) is 0 Å². The van der Waals surface area contributed by atoms with Crippen LogP contribution in [-0.4, -0.2) is 24.8 Å². The van der Waals surface area contributed by atoms with Gasteiger partial charge in [-0.2, -0.15) is 0 Å². The van der Waals surface area contributed by atoms with Gasteiger partial charge in [-0.15, -0.1) is 0 Å². The number of aromatic nitrogens is 1. The predicted molar refractivity (Wildman–Crippen MR) is 65.0 cm³/mol. The zero-order valence-electron chi connectivity index (χ0n) is 9.21. The third-order valence-electron chi connectivity index (χ3n) is 1.87. The molecule has 0 bridgehead atoms. The molecule has 0 radical (unpaired) electrons. The highest BCUT2D eigenvalue weighted by Crippen LogP contribution is 2.19. The summed E-state index contributed by atoms with van der Waals surface area (Å²) in [6, 6.07) is 1.61. The maximum atomic E-state index is 5.96. The fraction of sp³-hybridized carbons (Fsp3) is 0.545. The molecule has 90 valence electrons. The van der Waals surface area contributed by atoms with E-state index in [1.54, 1.807) is 12.3 Å². The standard InChI is InChI=1S/C11H15Cl2NO2/c1-2-3-15-4-5-16-8-9-7-14-11(13)6-10(9)12/h6-7H,2-5,8H2,1H3. The van der Waals surface area contributed by atoms with Gasteiger partial charge in [0.1, 0.15) is 5.15 Å². The Kier molecular flexibility index (Phi) is 6.73. The summed E-state index contributed by atoms with van der Waals surface area (Å²) >= 11 is 11.6. The second kappa shape index (κ2) is 7.85. The SMILES string of the molecule is CCCOCCOCc1cnc(Cl)cc1Cl. The molecule has 0 aromatic carbocycles. The number of hydrogen-bond acceptors (Lipinski definition) is 3. The molecule has 0 amide bonds. The fourth-order valence-corrected chi connectivity index (χ4v) is 1.51. The minimum atomic E-state index is 0.389. The highest BCUT2D eigenvalue weighted by atomic mass is 35.5. The van der Waals surface area contributed by atoms with E-state index >= 15 is 0 Å². The minimum Gasteiger partial charge on any atom is -0.379 e. The van der Waals surface area contributed by atoms with E-state index < -0.39 is 0 Å². The molecule has 0 unspecified atom stereocenters. The van der Waals surface area contributed by atoms with Gasteiger partial charge in [0, 0.05) is 18.4 Å². The van der Waals surface area contributed by atoms with E-state index in [2.05, 4.69) is 11.9 Å². The molecule has 1 aromatic heterocycles. The maximum Gasteiger partial charge on any atom is 0.130 e. The number of ether oxygens (including phenoxy) is 2. The lowest BCUT2D eigenvalue weighted by molar-refractivity contribution is 0.0408. The molecule has 1 aromatic rings. The Morgan fingerprint density at radius 2 is 1.94 bits per heavy atom. The van der Waals surface area contributed by atoms with Crippen LogP contribution in [0.5, 0.6) is 0 Å². The Labute approximate surface area is 106 Å². The molecule has 16 heavy (non-hydrogen) atoms. The minimum absolute atomic E-state index is 0.389. The summed E-state index contributed by atoms with van der Waals surface area (Å²) in [6.07, 6.45) is 2.64. The number of nitrogens with zero attached hydrogens (tertiary/aromatic N) is 1. The molecule has 0 spiro atoms. The Balaban J connectivity index is 2.21. The van der Waals surface area contributed by atoms with E-state index in [-0.39, 0.29) is 0 Å². The molecule has 0 atom stereocenters. The number of rotatable bonds is 7. The predicted octanol–water partition coefficient (Wildman–Crippen LogP) is 3.33. The van der Waals surface area contributed by atoms with Gasteiger partial charge in [0.2, 0.25) is 0 Å². The van der Waals surface area contributed by atoms with Crippen LogP contribution in [0, 0.1) is 0 Å². The first-order valence-electron chi connectivity index (χ1n) is 5.19. The van der Waals surface area contributed by atoms with Crippen LogP contribution in [0.3, 0.4) is 0 Å². The van der Waals surface area contributed by atoms with Crippen LogP contribution in [0.4, 0.5) is 0 Å². The van der Waals surface area contributed by atoms with E-state index in [0.29, 0.717) is 30.0 Å². The fourth-order valence-electron chi connectivity index (χ4n) is 1.09. The molecule has 0 aliphatic heterocycles. The van der Waals surface area contributed by atoms with Crippen molar-refractivity contribution in [2.24, 2.45) is 0 Å². The Morgan fingerprint density at radius 1 is 1.19 bits per heavy atom. The van der Waals surface area contributed by atoms with Crippen molar-refractivity contribution in [1.29, 1.82) is 0 Å². The van der Waals surface area contributed by atoms with Gasteiger partial charge in [0.25, 0.3) is 0 Å². The summed E-state index contributed by atoms with van der Waals surface area (Å²) in [5.41, 5.74) is 0.835. The zero-order chi connectivity index (χ0) is 11.8. The molecule has 0 N–H and O–H groups in total. The normalized spacial score (nSPS) is 10.7. The molecule has 1 heterocycles. The van der Waals surface area contributed by atoms with Gasteiger partial charge in [-0.3, -0.25) is 0 Å². The van der Waals surface area contributed by atoms with Gasteiger partial charge in [-0.05, 0) is 12.5 Å². The first-order chi connectivity index (χ1) is 7.74. The van der Waals surface area contributed by atoms with E-state index in [9.17, 15) is 0 Å². The molecule has 0 aliphatic carbocycles. The molecule has 3 nitrogen and oxygen atoms in total. The quantitative estimate of drug-likeness (QED) is 0.559. The van der Waals surface area contributed by atoms with E-state index in [1.807, 2.05) is 0 Å². The Morgan fingerprint density at radius 3 is 2.62 bits per heavy atom. The summed E-state index contributed by atoms with van der Waals surface area (Å²) in [6.45, 7) is 4.43. The number of halogens is 2. The van der Waals surface area contributed by atoms with Crippen molar-refractivity contribution in [2.45, 2.75) is 20.0 Å². The first kappa shape index (κ1) is 13.7. The van der Waals surface area contributed by atoms with E-state index in [4.69, 9.17) is 32.7 Å². The van der Waals surface area contributed by atoms with Crippen molar-refractivity contribution in [3.63, 3.8) is 0 Å². The van der Waals surface area contributed by atoms with E-state index in [0.717, 1.165) is 18.6 Å². The summed E-state index contributed by atoms with van der Waals surface area (Å²) in [7, 11) is 0. The van der Waals surface area contributed by atoms with Crippen LogP contribution in [0.2, 0.25) is 10.2 Å². The van der Waals surface area contributed by atoms with Gasteiger partial charge < -0.3 is 9.47 Å². The monoisotopic (exact) mass is 263 g/mol. The molecule has 0 saturated heterocycles. The topological polar surface area (TPSA) is 31.4 Å². The van der Waals surface area contributed by atoms with Gasteiger partial charge >= 0.3 is 0 Å². The molecule has 1 rings (SSSR count). The van der Waals surface area contributed by atoms with Crippen LogP contribution in [0.15, 0.2) is 12.3 Å². The molecular weight excluding hydrogens is 249 g/mol. The van der Waals surface area contributed by atoms with Crippen molar-refractivity contribution >= 4 is 23.2 Å². The highest BCUT2D eigenvalue weighted by Gasteiger charge is 2.02. The van der Waals surface area contributed by atoms with E-state index in [1.165, 1.54) is 0 Å². The second-order valence-electron chi connectivity index (χ2n) is 3.26. The Bertz CT molecular complexity index is 321. The maximum absolute atomic E-state index is 5.96. The molecular formula is C11H15Cl2NO2. The van der Waals surface area contributed by atoms with Crippen LogP contribution in [0.25, 0.3) is 0 Å². The van der Waals surface area contributed by atoms with Gasteiger partial charge in [-0.25, -0.2) is 4.98 Å². The second-order valence-corrected chi connectivity index (χ2v) is 4.06. The van der Waals surface area contributed by atoms with Crippen molar-refractivity contribution in [1.82, 2.24) is 4.98 Å². The first-order valence-corrected chi connectivity index (χ1v) is 5.95. The van der Waals surface area contributed by atoms with Crippen LogP contribution < -0.4 is 0 Å². The number of pyridine rings is 1. The van der Waals surface area contributed by atoms with Crippen molar-refractivity contribution < 1.29 is 9.47 Å². The lowest BCUT2D eigenvalue weighted by Gasteiger charge is -2.06. The lowest BCUT2D eigenvalue weighted by atomic mass is 10.3. The Hall–Kier alpha value is -0.350. The van der Waals surface area contributed by atoms with Crippen LogP contribution in [-0.2, 0) is 16.1 Å². The average molecular weight is 264 g/mol. The summed E-state index contributed by atoms with van der Waals surface area (Å²) in [5.74, 6) is 0. The summed E-state index contributed by atoms with van der Waals surface area (Å²) < 4.78 is 10.7. The molecule has 5 heteroatoms. The third-order valence-corrected chi connectivity index (χ3v) is 2.43. The van der Waals surface area contributed by atoms with Crippen molar-refractivity contribution in [3.05, 3.63) is 28.0 Å². The van der Waals surface area contributed by atoms with Crippen LogP contribution in [0.1, 0.15) is 18.9 Å². The number of hydrogen-bond donors (Lipinski definition) is 0. The summed E-state index contributed by atoms with van der Waals surface area (Å²) in [4.78, 5) is 3.94. The van der Waals surface area contributed by atoms with Gasteiger partial charge in [0.05, 0.1) is 24.8 Å². The lowest BCUT2D eigenvalue weighted by Crippen LogP contribution is -2.05.